The van der Waals surface area contributed by atoms with Gasteiger partial charge in [0.05, 0.1) is 11.6 Å². The lowest BCUT2D eigenvalue weighted by Crippen LogP contribution is -2.15. The van der Waals surface area contributed by atoms with Gasteiger partial charge in [0.25, 0.3) is 0 Å². The summed E-state index contributed by atoms with van der Waals surface area (Å²) in [6.07, 6.45) is 0. The molecule has 0 N–H and O–H groups in total. The lowest BCUT2D eigenvalue weighted by atomic mass is 9.81. The number of aryl methyl sites for hydroxylation is 1. The molecule has 1 rings (SSSR count). The Morgan fingerprint density at radius 3 is 2.23 bits per heavy atom. The minimum absolute atomic E-state index is 0.0520. The Balaban J connectivity index is 3.43. The SMILES string of the molecule is Cc1cccc(C#N)c1C(C)(C)C. The number of benzene rings is 1. The molecule has 0 fully saturated rings. The summed E-state index contributed by atoms with van der Waals surface area (Å²) in [6.45, 7) is 8.46. The third-order valence-electron chi connectivity index (χ3n) is 2.14. The molecular formula is C12H15N. The van der Waals surface area contributed by atoms with Crippen molar-refractivity contribution in [1.29, 1.82) is 5.26 Å². The Morgan fingerprint density at radius 2 is 1.85 bits per heavy atom. The summed E-state index contributed by atoms with van der Waals surface area (Å²) in [5, 5.41) is 8.96. The average Bonchev–Trinajstić information content (AvgIpc) is 2.01. The molecule has 0 atom stereocenters. The van der Waals surface area contributed by atoms with Crippen molar-refractivity contribution in [3.05, 3.63) is 34.9 Å². The van der Waals surface area contributed by atoms with E-state index in [1.807, 2.05) is 12.1 Å². The van der Waals surface area contributed by atoms with Gasteiger partial charge in [0, 0.05) is 0 Å². The summed E-state index contributed by atoms with van der Waals surface area (Å²) < 4.78 is 0. The van der Waals surface area contributed by atoms with Crippen LogP contribution < -0.4 is 0 Å². The molecule has 0 saturated carbocycles. The average molecular weight is 173 g/mol. The molecule has 13 heavy (non-hydrogen) atoms. The third-order valence-corrected chi connectivity index (χ3v) is 2.14. The molecular weight excluding hydrogens is 158 g/mol. The minimum atomic E-state index is 0.0520. The van der Waals surface area contributed by atoms with Crippen molar-refractivity contribution in [3.8, 4) is 6.07 Å². The zero-order valence-corrected chi connectivity index (χ0v) is 8.68. The Hall–Kier alpha value is -1.29. The van der Waals surface area contributed by atoms with Crippen LogP contribution in [-0.4, -0.2) is 0 Å². The molecule has 0 bridgehead atoms. The molecule has 1 heteroatoms. The van der Waals surface area contributed by atoms with Gasteiger partial charge < -0.3 is 0 Å². The van der Waals surface area contributed by atoms with Gasteiger partial charge in [-0.15, -0.1) is 0 Å². The number of rotatable bonds is 0. The van der Waals surface area contributed by atoms with Gasteiger partial charge in [0.2, 0.25) is 0 Å². The molecule has 0 heterocycles. The van der Waals surface area contributed by atoms with Gasteiger partial charge in [-0.2, -0.15) is 5.26 Å². The molecule has 0 amide bonds. The first kappa shape index (κ1) is 9.80. The van der Waals surface area contributed by atoms with E-state index in [4.69, 9.17) is 5.26 Å². The van der Waals surface area contributed by atoms with Gasteiger partial charge >= 0.3 is 0 Å². The van der Waals surface area contributed by atoms with Crippen LogP contribution in [0.4, 0.5) is 0 Å². The van der Waals surface area contributed by atoms with Crippen LogP contribution in [0.15, 0.2) is 18.2 Å². The van der Waals surface area contributed by atoms with Crippen LogP contribution in [0.2, 0.25) is 0 Å². The molecule has 0 spiro atoms. The smallest absolute Gasteiger partial charge is 0.0994 e. The normalized spacial score (nSPS) is 11.0. The minimum Gasteiger partial charge on any atom is -0.192 e. The lowest BCUT2D eigenvalue weighted by molar-refractivity contribution is 0.584. The summed E-state index contributed by atoms with van der Waals surface area (Å²) in [5.74, 6) is 0. The topological polar surface area (TPSA) is 23.8 Å². The van der Waals surface area contributed by atoms with Crippen molar-refractivity contribution in [1.82, 2.24) is 0 Å². The molecule has 0 aliphatic rings. The first-order valence-electron chi connectivity index (χ1n) is 4.47. The van der Waals surface area contributed by atoms with Gasteiger partial charge in [-0.3, -0.25) is 0 Å². The quantitative estimate of drug-likeness (QED) is 0.591. The zero-order chi connectivity index (χ0) is 10.1. The first-order valence-corrected chi connectivity index (χ1v) is 4.47. The Morgan fingerprint density at radius 1 is 1.23 bits per heavy atom. The van der Waals surface area contributed by atoms with Crippen molar-refractivity contribution >= 4 is 0 Å². The molecule has 0 unspecified atom stereocenters. The lowest BCUT2D eigenvalue weighted by Gasteiger charge is -2.22. The molecule has 0 aromatic heterocycles. The van der Waals surface area contributed by atoms with Gasteiger partial charge in [0.15, 0.2) is 0 Å². The van der Waals surface area contributed by atoms with Crippen molar-refractivity contribution in [2.75, 3.05) is 0 Å². The van der Waals surface area contributed by atoms with Gasteiger partial charge in [-0.1, -0.05) is 32.9 Å². The number of nitriles is 1. The third kappa shape index (κ3) is 1.89. The molecule has 1 aromatic rings. The molecule has 1 nitrogen and oxygen atoms in total. The predicted molar refractivity (Wildman–Crippen MR) is 54.6 cm³/mol. The van der Waals surface area contributed by atoms with E-state index in [-0.39, 0.29) is 5.41 Å². The fraction of sp³-hybridized carbons (Fsp3) is 0.417. The summed E-state index contributed by atoms with van der Waals surface area (Å²) in [5.41, 5.74) is 3.22. The van der Waals surface area contributed by atoms with Crippen LogP contribution in [-0.2, 0) is 5.41 Å². The summed E-state index contributed by atoms with van der Waals surface area (Å²) in [7, 11) is 0. The summed E-state index contributed by atoms with van der Waals surface area (Å²) in [6, 6.07) is 8.12. The molecule has 1 aromatic carbocycles. The number of hydrogen-bond donors (Lipinski definition) is 0. The van der Waals surface area contributed by atoms with E-state index < -0.39 is 0 Å². The highest BCUT2D eigenvalue weighted by Gasteiger charge is 2.19. The summed E-state index contributed by atoms with van der Waals surface area (Å²) in [4.78, 5) is 0. The van der Waals surface area contributed by atoms with E-state index in [2.05, 4.69) is 39.8 Å². The van der Waals surface area contributed by atoms with Crippen LogP contribution >= 0.6 is 0 Å². The van der Waals surface area contributed by atoms with E-state index in [1.165, 1.54) is 5.56 Å². The second kappa shape index (κ2) is 3.22. The number of hydrogen-bond acceptors (Lipinski definition) is 1. The second-order valence-electron chi connectivity index (χ2n) is 4.36. The highest BCUT2D eigenvalue weighted by Crippen LogP contribution is 2.28. The van der Waals surface area contributed by atoms with Crippen molar-refractivity contribution in [2.24, 2.45) is 0 Å². The van der Waals surface area contributed by atoms with E-state index >= 15 is 0 Å². The van der Waals surface area contributed by atoms with Crippen LogP contribution in [0.5, 0.6) is 0 Å². The maximum Gasteiger partial charge on any atom is 0.0994 e. The predicted octanol–water partition coefficient (Wildman–Crippen LogP) is 3.16. The van der Waals surface area contributed by atoms with Gasteiger partial charge in [-0.25, -0.2) is 0 Å². The molecule has 0 aliphatic heterocycles. The Kier molecular flexibility index (Phi) is 2.43. The first-order chi connectivity index (χ1) is 5.96. The molecule has 68 valence electrons. The molecule has 0 saturated heterocycles. The standard InChI is InChI=1S/C12H15N/c1-9-6-5-7-10(8-13)11(9)12(2,3)4/h5-7H,1-4H3. The zero-order valence-electron chi connectivity index (χ0n) is 8.68. The fourth-order valence-corrected chi connectivity index (χ4v) is 1.76. The van der Waals surface area contributed by atoms with Crippen molar-refractivity contribution in [2.45, 2.75) is 33.1 Å². The monoisotopic (exact) mass is 173 g/mol. The summed E-state index contributed by atoms with van der Waals surface area (Å²) >= 11 is 0. The second-order valence-corrected chi connectivity index (χ2v) is 4.36. The van der Waals surface area contributed by atoms with Gasteiger partial charge in [-0.05, 0) is 29.5 Å². The maximum absolute atomic E-state index is 8.96. The van der Waals surface area contributed by atoms with E-state index in [1.54, 1.807) is 0 Å². The highest BCUT2D eigenvalue weighted by atomic mass is 14.3. The van der Waals surface area contributed by atoms with Crippen LogP contribution in [0, 0.1) is 18.3 Å². The largest absolute Gasteiger partial charge is 0.192 e. The highest BCUT2D eigenvalue weighted by molar-refractivity contribution is 5.46. The fourth-order valence-electron chi connectivity index (χ4n) is 1.76. The number of nitrogens with zero attached hydrogens (tertiary/aromatic N) is 1. The van der Waals surface area contributed by atoms with Crippen LogP contribution in [0.3, 0.4) is 0 Å². The van der Waals surface area contributed by atoms with E-state index in [0.717, 1.165) is 11.1 Å². The van der Waals surface area contributed by atoms with Crippen molar-refractivity contribution < 1.29 is 0 Å². The van der Waals surface area contributed by atoms with Crippen LogP contribution in [0.1, 0.15) is 37.5 Å². The Bertz CT molecular complexity index is 350. The van der Waals surface area contributed by atoms with Gasteiger partial charge in [0.1, 0.15) is 0 Å². The Labute approximate surface area is 80.0 Å². The van der Waals surface area contributed by atoms with E-state index in [9.17, 15) is 0 Å². The molecule has 0 radical (unpaired) electrons. The van der Waals surface area contributed by atoms with E-state index in [0.29, 0.717) is 0 Å². The molecule has 0 aliphatic carbocycles. The van der Waals surface area contributed by atoms with Crippen molar-refractivity contribution in [3.63, 3.8) is 0 Å². The van der Waals surface area contributed by atoms with Crippen LogP contribution in [0.25, 0.3) is 0 Å². The maximum atomic E-state index is 8.96.